The number of hydrogen-bond acceptors (Lipinski definition) is 5. The lowest BCUT2D eigenvalue weighted by molar-refractivity contribution is 0.276. The van der Waals surface area contributed by atoms with Gasteiger partial charge in [0.15, 0.2) is 17.3 Å². The smallest absolute Gasteiger partial charge is 0.174 e. The Kier molecular flexibility index (Phi) is 6.48. The molecule has 3 rings (SSSR count). The molecule has 2 heterocycles. The Labute approximate surface area is 160 Å². The van der Waals surface area contributed by atoms with Crippen molar-refractivity contribution < 1.29 is 9.47 Å². The molecule has 142 valence electrons. The minimum Gasteiger partial charge on any atom is -0.490 e. The topological polar surface area (TPSA) is 73.0 Å². The van der Waals surface area contributed by atoms with Gasteiger partial charge >= 0.3 is 0 Å². The quantitative estimate of drug-likeness (QED) is 0.685. The fourth-order valence-corrected chi connectivity index (χ4v) is 3.26. The first-order chi connectivity index (χ1) is 13.3. The monoisotopic (exact) mass is 366 g/mol. The molecule has 0 amide bonds. The Morgan fingerprint density at radius 3 is 2.89 bits per heavy atom. The highest BCUT2D eigenvalue weighted by molar-refractivity contribution is 5.89. The largest absolute Gasteiger partial charge is 0.490 e. The van der Waals surface area contributed by atoms with Crippen molar-refractivity contribution in [2.24, 2.45) is 0 Å². The van der Waals surface area contributed by atoms with Gasteiger partial charge in [0.1, 0.15) is 11.9 Å². The van der Waals surface area contributed by atoms with Gasteiger partial charge in [0, 0.05) is 18.5 Å². The molecule has 1 aromatic heterocycles. The van der Waals surface area contributed by atoms with Gasteiger partial charge in [-0.05, 0) is 38.3 Å². The minimum absolute atomic E-state index is 0.491. The third-order valence-corrected chi connectivity index (χ3v) is 4.53. The summed E-state index contributed by atoms with van der Waals surface area (Å²) in [7, 11) is 0. The second-order valence-electron chi connectivity index (χ2n) is 6.53. The average molecular weight is 366 g/mol. The van der Waals surface area contributed by atoms with Crippen LogP contribution in [0.3, 0.4) is 0 Å². The summed E-state index contributed by atoms with van der Waals surface area (Å²) in [5, 5.41) is 18.4. The minimum atomic E-state index is 0.491. The lowest BCUT2D eigenvalue weighted by Crippen LogP contribution is -2.05. The van der Waals surface area contributed by atoms with Gasteiger partial charge in [-0.3, -0.25) is 0 Å². The number of aryl methyl sites for hydroxylation is 1. The Bertz CT molecular complexity index is 848. The molecule has 0 aliphatic carbocycles. The summed E-state index contributed by atoms with van der Waals surface area (Å²) in [6.07, 6.45) is 7.02. The van der Waals surface area contributed by atoms with Crippen LogP contribution in [-0.4, -0.2) is 28.0 Å². The molecule has 0 radical (unpaired) electrons. The molecule has 0 N–H and O–H groups in total. The fourth-order valence-electron chi connectivity index (χ4n) is 3.26. The van der Waals surface area contributed by atoms with Gasteiger partial charge in [0.05, 0.1) is 18.8 Å². The van der Waals surface area contributed by atoms with E-state index in [4.69, 9.17) is 9.47 Å². The molecule has 0 saturated heterocycles. The molecule has 0 saturated carbocycles. The van der Waals surface area contributed by atoms with E-state index in [-0.39, 0.29) is 0 Å². The summed E-state index contributed by atoms with van der Waals surface area (Å²) in [5.41, 5.74) is 1.31. The molecule has 0 fully saturated rings. The van der Waals surface area contributed by atoms with E-state index >= 15 is 0 Å². The van der Waals surface area contributed by atoms with Gasteiger partial charge in [-0.1, -0.05) is 25.5 Å². The van der Waals surface area contributed by atoms with Gasteiger partial charge in [0.25, 0.3) is 0 Å². The number of allylic oxidation sites excluding steroid dienone is 1. The molecule has 27 heavy (non-hydrogen) atoms. The number of para-hydroxylation sites is 1. The third-order valence-electron chi connectivity index (χ3n) is 4.53. The summed E-state index contributed by atoms with van der Waals surface area (Å²) < 4.78 is 13.7. The highest BCUT2D eigenvalue weighted by atomic mass is 16.5. The number of aromatic nitrogens is 3. The molecule has 0 atom stereocenters. The molecular weight excluding hydrogens is 340 g/mol. The molecule has 1 aromatic carbocycles. The Morgan fingerprint density at radius 2 is 2.11 bits per heavy atom. The predicted molar refractivity (Wildman–Crippen MR) is 104 cm³/mol. The number of hydrogen-bond donors (Lipinski definition) is 0. The van der Waals surface area contributed by atoms with Crippen LogP contribution in [0.25, 0.3) is 11.6 Å². The summed E-state index contributed by atoms with van der Waals surface area (Å²) in [6, 6.07) is 8.04. The van der Waals surface area contributed by atoms with E-state index in [1.165, 1.54) is 6.42 Å². The molecule has 2 aromatic rings. The van der Waals surface area contributed by atoms with E-state index in [9.17, 15) is 5.26 Å². The molecule has 0 bridgehead atoms. The van der Waals surface area contributed by atoms with E-state index in [1.807, 2.05) is 31.2 Å². The van der Waals surface area contributed by atoms with Crippen LogP contribution in [0.1, 0.15) is 56.7 Å². The molecule has 6 heteroatoms. The lowest BCUT2D eigenvalue weighted by Gasteiger charge is -2.14. The van der Waals surface area contributed by atoms with Gasteiger partial charge in [0.2, 0.25) is 0 Å². The maximum atomic E-state index is 9.80. The average Bonchev–Trinajstić information content (AvgIpc) is 2.93. The maximum absolute atomic E-state index is 9.80. The molecule has 0 spiro atoms. The Morgan fingerprint density at radius 1 is 1.22 bits per heavy atom. The number of nitriles is 1. The van der Waals surface area contributed by atoms with Gasteiger partial charge in [-0.15, -0.1) is 10.2 Å². The lowest BCUT2D eigenvalue weighted by atomic mass is 10.1. The number of ether oxygens (including phenoxy) is 2. The SMILES string of the molecule is CCCOc1c(/C=C(/C#N)c2nnc3n2CCCCC3)cccc1OCC. The molecule has 0 unspecified atom stereocenters. The van der Waals surface area contributed by atoms with Crippen molar-refractivity contribution in [3.05, 3.63) is 35.4 Å². The Balaban J connectivity index is 2.03. The van der Waals surface area contributed by atoms with Crippen LogP contribution in [0, 0.1) is 11.3 Å². The molecule has 1 aliphatic rings. The van der Waals surface area contributed by atoms with Crippen LogP contribution >= 0.6 is 0 Å². The van der Waals surface area contributed by atoms with Crippen molar-refractivity contribution in [3.8, 4) is 17.6 Å². The van der Waals surface area contributed by atoms with Crippen molar-refractivity contribution in [2.45, 2.75) is 52.5 Å². The second kappa shape index (κ2) is 9.22. The maximum Gasteiger partial charge on any atom is 0.174 e. The number of fused-ring (bicyclic) bond motifs is 1. The van der Waals surface area contributed by atoms with Crippen molar-refractivity contribution in [1.29, 1.82) is 5.26 Å². The zero-order valence-corrected chi connectivity index (χ0v) is 16.1. The van der Waals surface area contributed by atoms with Crippen LogP contribution in [0.2, 0.25) is 0 Å². The predicted octanol–water partition coefficient (Wildman–Crippen LogP) is 4.26. The van der Waals surface area contributed by atoms with E-state index in [1.54, 1.807) is 0 Å². The van der Waals surface area contributed by atoms with Crippen LogP contribution < -0.4 is 9.47 Å². The van der Waals surface area contributed by atoms with Crippen molar-refractivity contribution in [3.63, 3.8) is 0 Å². The van der Waals surface area contributed by atoms with Crippen LogP contribution in [0.15, 0.2) is 18.2 Å². The van der Waals surface area contributed by atoms with E-state index in [0.29, 0.717) is 36.1 Å². The summed E-state index contributed by atoms with van der Waals surface area (Å²) in [6.45, 7) is 6.00. The highest BCUT2D eigenvalue weighted by Crippen LogP contribution is 2.34. The molecule has 1 aliphatic heterocycles. The van der Waals surface area contributed by atoms with E-state index < -0.39 is 0 Å². The fraction of sp³-hybridized carbons (Fsp3) is 0.476. The second-order valence-corrected chi connectivity index (χ2v) is 6.53. The van der Waals surface area contributed by atoms with Crippen LogP contribution in [0.4, 0.5) is 0 Å². The molecule has 6 nitrogen and oxygen atoms in total. The normalized spacial score (nSPS) is 14.2. The van der Waals surface area contributed by atoms with E-state index in [2.05, 4.69) is 27.8 Å². The van der Waals surface area contributed by atoms with Crippen molar-refractivity contribution in [2.75, 3.05) is 13.2 Å². The first-order valence-corrected chi connectivity index (χ1v) is 9.71. The van der Waals surface area contributed by atoms with Crippen molar-refractivity contribution >= 4 is 11.6 Å². The van der Waals surface area contributed by atoms with Gasteiger partial charge < -0.3 is 14.0 Å². The Hall–Kier alpha value is -2.81. The number of benzene rings is 1. The highest BCUT2D eigenvalue weighted by Gasteiger charge is 2.19. The molecular formula is C21H26N4O2. The third kappa shape index (κ3) is 4.30. The standard InChI is InChI=1S/C21H26N4O2/c1-3-13-27-20-16(9-8-10-18(20)26-4-2)14-17(15-22)21-24-23-19-11-6-5-7-12-25(19)21/h8-10,14H,3-7,11-13H2,1-2H3/b17-14-. The summed E-state index contributed by atoms with van der Waals surface area (Å²) >= 11 is 0. The van der Waals surface area contributed by atoms with Crippen LogP contribution in [0.5, 0.6) is 11.5 Å². The summed E-state index contributed by atoms with van der Waals surface area (Å²) in [5.74, 6) is 2.97. The van der Waals surface area contributed by atoms with Gasteiger partial charge in [-0.2, -0.15) is 5.26 Å². The van der Waals surface area contributed by atoms with Crippen molar-refractivity contribution in [1.82, 2.24) is 14.8 Å². The zero-order chi connectivity index (χ0) is 19.1. The first kappa shape index (κ1) is 19.0. The van der Waals surface area contributed by atoms with Gasteiger partial charge in [-0.25, -0.2) is 0 Å². The number of rotatable bonds is 7. The number of nitrogens with zero attached hydrogens (tertiary/aromatic N) is 4. The van der Waals surface area contributed by atoms with E-state index in [0.717, 1.165) is 43.6 Å². The first-order valence-electron chi connectivity index (χ1n) is 9.71. The van der Waals surface area contributed by atoms with Crippen LogP contribution in [-0.2, 0) is 13.0 Å². The zero-order valence-electron chi connectivity index (χ0n) is 16.1. The summed E-state index contributed by atoms with van der Waals surface area (Å²) in [4.78, 5) is 0.